The molecule has 32 heavy (non-hydrogen) atoms. The molecule has 2 amide bonds. The Labute approximate surface area is 185 Å². The van der Waals surface area contributed by atoms with Crippen molar-refractivity contribution in [3.8, 4) is 28.4 Å². The highest BCUT2D eigenvalue weighted by atomic mass is 16.5. The molecule has 0 saturated heterocycles. The molecule has 170 valence electrons. The quantitative estimate of drug-likeness (QED) is 0.732. The van der Waals surface area contributed by atoms with E-state index in [4.69, 9.17) is 14.2 Å². The van der Waals surface area contributed by atoms with Crippen LogP contribution < -0.4 is 25.0 Å². The first-order valence-electron chi connectivity index (χ1n) is 9.95. The summed E-state index contributed by atoms with van der Waals surface area (Å²) in [7, 11) is 7.75. The van der Waals surface area contributed by atoms with Gasteiger partial charge in [-0.15, -0.1) is 0 Å². The predicted octanol–water partition coefficient (Wildman–Crippen LogP) is 2.70. The number of aromatic carboxylic acids is 1. The third-order valence-corrected chi connectivity index (χ3v) is 5.47. The minimum Gasteiger partial charge on any atom is -0.493 e. The third-order valence-electron chi connectivity index (χ3n) is 5.47. The maximum absolute atomic E-state index is 12.5. The van der Waals surface area contributed by atoms with Crippen molar-refractivity contribution in [2.24, 2.45) is 0 Å². The Morgan fingerprint density at radius 1 is 1.06 bits per heavy atom. The van der Waals surface area contributed by atoms with E-state index in [0.29, 0.717) is 46.8 Å². The number of hydrogen-bond acceptors (Lipinski definition) is 6. The highest BCUT2D eigenvalue weighted by Gasteiger charge is 2.30. The summed E-state index contributed by atoms with van der Waals surface area (Å²) in [6, 6.07) is 5.08. The van der Waals surface area contributed by atoms with Gasteiger partial charge >= 0.3 is 12.0 Å². The summed E-state index contributed by atoms with van der Waals surface area (Å²) in [5.41, 5.74) is 1.59. The molecule has 0 saturated carbocycles. The lowest BCUT2D eigenvalue weighted by atomic mass is 9.95. The number of aryl methyl sites for hydroxylation is 1. The molecule has 3 rings (SSSR count). The summed E-state index contributed by atoms with van der Waals surface area (Å²) in [6.45, 7) is 0. The standard InChI is InChI=1S/C23H26N2O7/c1-25(2)23(29)24-16-8-6-12-10-18(30-3)20(31-4)21(32-5)19(12)13-7-9-17(26)15(22(27)28)11-14(13)16/h7,9-11,16H,6,8H2,1-5H3,(H,24,29)(H,27,28). The van der Waals surface area contributed by atoms with E-state index in [-0.39, 0.29) is 11.6 Å². The van der Waals surface area contributed by atoms with E-state index in [2.05, 4.69) is 5.32 Å². The molecule has 1 unspecified atom stereocenters. The second-order valence-electron chi connectivity index (χ2n) is 7.54. The van der Waals surface area contributed by atoms with Crippen LogP contribution >= 0.6 is 0 Å². The average Bonchev–Trinajstić information content (AvgIpc) is 3.01. The molecule has 9 nitrogen and oxygen atoms in total. The molecule has 0 fully saturated rings. The minimum absolute atomic E-state index is 0.334. The number of benzene rings is 1. The summed E-state index contributed by atoms with van der Waals surface area (Å²) in [5, 5.41) is 12.5. The van der Waals surface area contributed by atoms with Crippen LogP contribution in [-0.2, 0) is 6.42 Å². The number of nitrogens with zero attached hydrogens (tertiary/aromatic N) is 1. The highest BCUT2D eigenvalue weighted by molar-refractivity contribution is 5.89. The lowest BCUT2D eigenvalue weighted by Gasteiger charge is -2.22. The Hall–Kier alpha value is -3.75. The van der Waals surface area contributed by atoms with Crippen molar-refractivity contribution in [2.45, 2.75) is 18.9 Å². The Kier molecular flexibility index (Phi) is 6.57. The van der Waals surface area contributed by atoms with Gasteiger partial charge in [-0.3, -0.25) is 4.79 Å². The first-order chi connectivity index (χ1) is 15.2. The Balaban J connectivity index is 2.40. The summed E-state index contributed by atoms with van der Waals surface area (Å²) >= 11 is 0. The molecule has 0 spiro atoms. The van der Waals surface area contributed by atoms with Crippen LogP contribution in [0.5, 0.6) is 17.2 Å². The van der Waals surface area contributed by atoms with Gasteiger partial charge in [-0.05, 0) is 53.8 Å². The van der Waals surface area contributed by atoms with Crippen LogP contribution in [0.25, 0.3) is 11.1 Å². The van der Waals surface area contributed by atoms with Gasteiger partial charge in [0.1, 0.15) is 5.56 Å². The zero-order valence-corrected chi connectivity index (χ0v) is 18.6. The summed E-state index contributed by atoms with van der Waals surface area (Å²) < 4.78 is 16.7. The van der Waals surface area contributed by atoms with E-state index in [9.17, 15) is 19.5 Å². The number of carboxylic acids is 1. The molecule has 0 aromatic heterocycles. The topological polar surface area (TPSA) is 114 Å². The van der Waals surface area contributed by atoms with Crippen LogP contribution in [0, 0.1) is 0 Å². The van der Waals surface area contributed by atoms with E-state index in [0.717, 1.165) is 5.56 Å². The van der Waals surface area contributed by atoms with Gasteiger partial charge in [0.15, 0.2) is 16.9 Å². The van der Waals surface area contributed by atoms with E-state index < -0.39 is 17.4 Å². The number of ether oxygens (including phenoxy) is 3. The predicted molar refractivity (Wildman–Crippen MR) is 118 cm³/mol. The highest BCUT2D eigenvalue weighted by Crippen LogP contribution is 2.50. The number of fused-ring (bicyclic) bond motifs is 3. The summed E-state index contributed by atoms with van der Waals surface area (Å²) in [5.74, 6) is -0.0766. The van der Waals surface area contributed by atoms with Crippen molar-refractivity contribution in [1.82, 2.24) is 10.2 Å². The van der Waals surface area contributed by atoms with Gasteiger partial charge in [0.05, 0.1) is 27.4 Å². The number of hydrogen-bond donors (Lipinski definition) is 2. The molecule has 2 aromatic rings. The number of methoxy groups -OCH3 is 3. The van der Waals surface area contributed by atoms with Gasteiger partial charge in [0, 0.05) is 19.7 Å². The monoisotopic (exact) mass is 442 g/mol. The van der Waals surface area contributed by atoms with Crippen molar-refractivity contribution in [2.75, 3.05) is 35.4 Å². The lowest BCUT2D eigenvalue weighted by molar-refractivity contribution is 0.0695. The van der Waals surface area contributed by atoms with Crippen LogP contribution in [0.2, 0.25) is 0 Å². The molecule has 9 heteroatoms. The molecular weight excluding hydrogens is 416 g/mol. The Bertz CT molecular complexity index is 1130. The van der Waals surface area contributed by atoms with Crippen LogP contribution in [-0.4, -0.2) is 57.4 Å². The normalized spacial score (nSPS) is 14.3. The van der Waals surface area contributed by atoms with Gasteiger partial charge < -0.3 is 29.5 Å². The molecule has 0 aliphatic heterocycles. The molecule has 0 bridgehead atoms. The summed E-state index contributed by atoms with van der Waals surface area (Å²) in [6.07, 6.45) is 1.00. The van der Waals surface area contributed by atoms with Gasteiger partial charge in [-0.2, -0.15) is 0 Å². The van der Waals surface area contributed by atoms with Crippen LogP contribution in [0.4, 0.5) is 4.79 Å². The number of carbonyl (C=O) groups excluding carboxylic acids is 1. The zero-order chi connectivity index (χ0) is 23.6. The first-order valence-corrected chi connectivity index (χ1v) is 9.95. The maximum Gasteiger partial charge on any atom is 0.339 e. The van der Waals surface area contributed by atoms with Gasteiger partial charge in [-0.25, -0.2) is 9.59 Å². The number of nitrogens with one attached hydrogen (secondary N) is 1. The maximum atomic E-state index is 12.5. The van der Waals surface area contributed by atoms with Crippen LogP contribution in [0.1, 0.15) is 33.9 Å². The fraction of sp³-hybridized carbons (Fsp3) is 0.348. The molecule has 1 aliphatic rings. The lowest BCUT2D eigenvalue weighted by Crippen LogP contribution is -2.37. The van der Waals surface area contributed by atoms with E-state index in [1.165, 1.54) is 38.4 Å². The average molecular weight is 442 g/mol. The largest absolute Gasteiger partial charge is 0.493 e. The van der Waals surface area contributed by atoms with E-state index in [1.807, 2.05) is 6.07 Å². The number of carboxylic acid groups (broad SMARTS) is 1. The van der Waals surface area contributed by atoms with Gasteiger partial charge in [0.25, 0.3) is 0 Å². The van der Waals surface area contributed by atoms with Crippen molar-refractivity contribution in [3.05, 3.63) is 51.2 Å². The second-order valence-corrected chi connectivity index (χ2v) is 7.54. The number of amides is 2. The van der Waals surface area contributed by atoms with Crippen LogP contribution in [0.3, 0.4) is 0 Å². The Morgan fingerprint density at radius 2 is 1.75 bits per heavy atom. The molecule has 2 aromatic carbocycles. The molecule has 0 radical (unpaired) electrons. The zero-order valence-electron chi connectivity index (χ0n) is 18.6. The van der Waals surface area contributed by atoms with Crippen LogP contribution in [0.15, 0.2) is 29.1 Å². The third kappa shape index (κ3) is 4.05. The Morgan fingerprint density at radius 3 is 2.31 bits per heavy atom. The number of rotatable bonds is 5. The van der Waals surface area contributed by atoms with Gasteiger partial charge in [-0.1, -0.05) is 0 Å². The van der Waals surface area contributed by atoms with E-state index >= 15 is 0 Å². The first kappa shape index (κ1) is 22.9. The number of urea groups is 1. The fourth-order valence-corrected chi connectivity index (χ4v) is 3.92. The fourth-order valence-electron chi connectivity index (χ4n) is 3.92. The molecule has 0 heterocycles. The van der Waals surface area contributed by atoms with Gasteiger partial charge in [0.2, 0.25) is 5.75 Å². The van der Waals surface area contributed by atoms with E-state index in [1.54, 1.807) is 20.2 Å². The van der Waals surface area contributed by atoms with Crippen molar-refractivity contribution in [1.29, 1.82) is 0 Å². The SMILES string of the molecule is COc1cc2c(c(OC)c1OC)-c1ccc(=O)c(C(=O)O)cc1C(NC(=O)N(C)C)CC2. The number of carbonyl (C=O) groups is 2. The smallest absolute Gasteiger partial charge is 0.339 e. The molecule has 1 atom stereocenters. The molecule has 1 aliphatic carbocycles. The van der Waals surface area contributed by atoms with Crippen molar-refractivity contribution in [3.63, 3.8) is 0 Å². The van der Waals surface area contributed by atoms with Crippen molar-refractivity contribution >= 4 is 12.0 Å². The molecular formula is C23H26N2O7. The van der Waals surface area contributed by atoms with Crippen molar-refractivity contribution < 1.29 is 28.9 Å². The minimum atomic E-state index is -1.34. The summed E-state index contributed by atoms with van der Waals surface area (Å²) in [4.78, 5) is 38.1. The second kappa shape index (κ2) is 9.17. The molecule has 2 N–H and O–H groups in total.